The van der Waals surface area contributed by atoms with Gasteiger partial charge < -0.3 is 14.2 Å². The molecule has 0 amide bonds. The summed E-state index contributed by atoms with van der Waals surface area (Å²) in [7, 11) is 0. The van der Waals surface area contributed by atoms with Gasteiger partial charge in [-0.25, -0.2) is 0 Å². The fraction of sp³-hybridized carbons (Fsp3) is 0.767. The minimum Gasteiger partial charge on any atom is -0.462 e. The fourth-order valence-electron chi connectivity index (χ4n) is 9.76. The Kier molecular flexibility index (Phi) is 64.2. The van der Waals surface area contributed by atoms with Gasteiger partial charge in [-0.1, -0.05) is 292 Å². The molecule has 0 aromatic carbocycles. The summed E-state index contributed by atoms with van der Waals surface area (Å²) in [6.45, 7) is 6.53. The lowest BCUT2D eigenvalue weighted by Crippen LogP contribution is -2.30. The molecule has 0 rings (SSSR count). The van der Waals surface area contributed by atoms with Crippen LogP contribution >= 0.6 is 0 Å². The predicted octanol–water partition coefficient (Wildman–Crippen LogP) is 23.4. The lowest BCUT2D eigenvalue weighted by Gasteiger charge is -2.18. The van der Waals surface area contributed by atoms with Gasteiger partial charge in [0.2, 0.25) is 0 Å². The summed E-state index contributed by atoms with van der Waals surface area (Å²) >= 11 is 0. The number of rotatable bonds is 62. The molecule has 6 heteroatoms. The van der Waals surface area contributed by atoms with Gasteiger partial charge in [-0.15, -0.1) is 0 Å². The first-order chi connectivity index (χ1) is 39.0. The molecule has 0 radical (unpaired) electrons. The van der Waals surface area contributed by atoms with Crippen molar-refractivity contribution < 1.29 is 28.6 Å². The van der Waals surface area contributed by atoms with Gasteiger partial charge in [0.1, 0.15) is 13.2 Å². The lowest BCUT2D eigenvalue weighted by molar-refractivity contribution is -0.167. The van der Waals surface area contributed by atoms with E-state index in [1.165, 1.54) is 205 Å². The van der Waals surface area contributed by atoms with Crippen LogP contribution < -0.4 is 0 Å². The highest BCUT2D eigenvalue weighted by atomic mass is 16.6. The first-order valence-electron chi connectivity index (χ1n) is 34.1. The molecule has 0 heterocycles. The predicted molar refractivity (Wildman–Crippen MR) is 344 cm³/mol. The van der Waals surface area contributed by atoms with Gasteiger partial charge in [-0.2, -0.15) is 0 Å². The monoisotopic (exact) mass is 1100 g/mol. The zero-order valence-corrected chi connectivity index (χ0v) is 52.4. The van der Waals surface area contributed by atoms with E-state index >= 15 is 0 Å². The van der Waals surface area contributed by atoms with E-state index in [4.69, 9.17) is 14.2 Å². The van der Waals surface area contributed by atoms with Crippen molar-refractivity contribution in [3.05, 3.63) is 85.1 Å². The van der Waals surface area contributed by atoms with Crippen molar-refractivity contribution in [2.45, 2.75) is 348 Å². The van der Waals surface area contributed by atoms with Crippen molar-refractivity contribution in [1.29, 1.82) is 0 Å². The van der Waals surface area contributed by atoms with E-state index < -0.39 is 6.10 Å². The minimum atomic E-state index is -0.781. The molecule has 1 unspecified atom stereocenters. The second kappa shape index (κ2) is 67.1. The third-order valence-electron chi connectivity index (χ3n) is 14.9. The standard InChI is InChI=1S/C73H128O6/c1-4-7-10-13-16-19-22-25-27-29-30-31-32-33-34-35-36-37-38-39-40-41-42-44-45-48-51-54-57-60-63-66-72(75)78-69-70(68-77-71(74)65-62-59-56-53-50-47-24-21-18-15-12-9-6-3)79-73(76)67-64-61-58-55-52-49-46-43-28-26-23-20-17-14-11-8-5-2/h7,10,16,19,21,24-28,30-31,33-34,70H,4-6,8-9,11-15,17-18,20,22-23,29,32,35-69H2,1-3H3/b10-7-,19-16-,24-21-,27-25-,28-26-,31-30-,34-33-. The number of hydrogen-bond acceptors (Lipinski definition) is 6. The molecule has 79 heavy (non-hydrogen) atoms. The number of allylic oxidation sites excluding steroid dienone is 14. The summed E-state index contributed by atoms with van der Waals surface area (Å²) in [6, 6.07) is 0. The van der Waals surface area contributed by atoms with Crippen LogP contribution in [0.4, 0.5) is 0 Å². The molecule has 0 aliphatic carbocycles. The van der Waals surface area contributed by atoms with Crippen molar-refractivity contribution in [3.63, 3.8) is 0 Å². The van der Waals surface area contributed by atoms with Crippen molar-refractivity contribution in [3.8, 4) is 0 Å². The fourth-order valence-corrected chi connectivity index (χ4v) is 9.76. The number of carbonyl (C=O) groups is 3. The second-order valence-corrected chi connectivity index (χ2v) is 22.7. The number of carbonyl (C=O) groups excluding carboxylic acids is 3. The maximum Gasteiger partial charge on any atom is 0.306 e. The Morgan fingerprint density at radius 1 is 0.266 bits per heavy atom. The summed E-state index contributed by atoms with van der Waals surface area (Å²) in [5, 5.41) is 0. The first-order valence-corrected chi connectivity index (χ1v) is 34.1. The molecule has 0 aromatic rings. The zero-order valence-electron chi connectivity index (χ0n) is 52.4. The van der Waals surface area contributed by atoms with Crippen LogP contribution in [0.2, 0.25) is 0 Å². The highest BCUT2D eigenvalue weighted by molar-refractivity contribution is 5.71. The van der Waals surface area contributed by atoms with E-state index in [-0.39, 0.29) is 31.1 Å². The highest BCUT2D eigenvalue weighted by Crippen LogP contribution is 2.17. The molecule has 0 fully saturated rings. The Morgan fingerprint density at radius 2 is 0.494 bits per heavy atom. The van der Waals surface area contributed by atoms with Gasteiger partial charge in [0.15, 0.2) is 6.10 Å². The summed E-state index contributed by atoms with van der Waals surface area (Å²) in [4.78, 5) is 38.3. The third kappa shape index (κ3) is 65.3. The molecule has 0 spiro atoms. The molecule has 0 saturated carbocycles. The lowest BCUT2D eigenvalue weighted by atomic mass is 10.0. The molecular formula is C73H128O6. The Morgan fingerprint density at radius 3 is 0.797 bits per heavy atom. The van der Waals surface area contributed by atoms with Gasteiger partial charge in [0.25, 0.3) is 0 Å². The molecule has 0 bridgehead atoms. The van der Waals surface area contributed by atoms with Gasteiger partial charge in [0, 0.05) is 19.3 Å². The topological polar surface area (TPSA) is 78.9 Å². The third-order valence-corrected chi connectivity index (χ3v) is 14.9. The number of ether oxygens (including phenoxy) is 3. The number of hydrogen-bond donors (Lipinski definition) is 0. The van der Waals surface area contributed by atoms with Crippen molar-refractivity contribution in [2.75, 3.05) is 13.2 Å². The van der Waals surface area contributed by atoms with E-state index in [2.05, 4.69) is 106 Å². The Labute approximate surface area is 490 Å². The van der Waals surface area contributed by atoms with Crippen molar-refractivity contribution >= 4 is 17.9 Å². The number of esters is 3. The van der Waals surface area contributed by atoms with Crippen LogP contribution in [0.5, 0.6) is 0 Å². The van der Waals surface area contributed by atoms with Gasteiger partial charge in [0.05, 0.1) is 0 Å². The maximum atomic E-state index is 12.9. The summed E-state index contributed by atoms with van der Waals surface area (Å²) in [5.41, 5.74) is 0. The van der Waals surface area contributed by atoms with Crippen molar-refractivity contribution in [2.24, 2.45) is 0 Å². The Bertz CT molecular complexity index is 1500. The highest BCUT2D eigenvalue weighted by Gasteiger charge is 2.19. The summed E-state index contributed by atoms with van der Waals surface area (Å²) in [6.07, 6.45) is 88.9. The minimum absolute atomic E-state index is 0.0777. The van der Waals surface area contributed by atoms with Crippen LogP contribution in [0.25, 0.3) is 0 Å². The Hall–Kier alpha value is -3.41. The van der Waals surface area contributed by atoms with Crippen molar-refractivity contribution in [1.82, 2.24) is 0 Å². The van der Waals surface area contributed by atoms with E-state index in [1.54, 1.807) is 0 Å². The van der Waals surface area contributed by atoms with Crippen LogP contribution in [0.3, 0.4) is 0 Å². The van der Waals surface area contributed by atoms with Gasteiger partial charge in [-0.3, -0.25) is 14.4 Å². The van der Waals surface area contributed by atoms with Crippen LogP contribution in [0, 0.1) is 0 Å². The smallest absolute Gasteiger partial charge is 0.306 e. The molecule has 0 N–H and O–H groups in total. The molecule has 6 nitrogen and oxygen atoms in total. The maximum absolute atomic E-state index is 12.9. The average molecular weight is 1100 g/mol. The molecule has 1 atom stereocenters. The van der Waals surface area contributed by atoms with E-state index in [0.717, 1.165) is 96.3 Å². The van der Waals surface area contributed by atoms with Gasteiger partial charge >= 0.3 is 17.9 Å². The Balaban J connectivity index is 4.21. The zero-order chi connectivity index (χ0) is 57.1. The van der Waals surface area contributed by atoms with E-state index in [0.29, 0.717) is 19.3 Å². The molecule has 0 aromatic heterocycles. The molecule has 0 aliphatic heterocycles. The summed E-state index contributed by atoms with van der Waals surface area (Å²) < 4.78 is 16.9. The molecular weight excluding hydrogens is 973 g/mol. The van der Waals surface area contributed by atoms with Crippen LogP contribution in [-0.2, 0) is 28.6 Å². The van der Waals surface area contributed by atoms with Crippen LogP contribution in [0.1, 0.15) is 342 Å². The molecule has 456 valence electrons. The van der Waals surface area contributed by atoms with Crippen LogP contribution in [0.15, 0.2) is 85.1 Å². The summed E-state index contributed by atoms with van der Waals surface area (Å²) in [5.74, 6) is -0.875. The number of unbranched alkanes of at least 4 members (excludes halogenated alkanes) is 37. The normalized spacial score (nSPS) is 12.6. The molecule has 0 aliphatic rings. The largest absolute Gasteiger partial charge is 0.462 e. The van der Waals surface area contributed by atoms with Crippen LogP contribution in [-0.4, -0.2) is 37.2 Å². The van der Waals surface area contributed by atoms with E-state index in [9.17, 15) is 14.4 Å². The quantitative estimate of drug-likeness (QED) is 0.0261. The van der Waals surface area contributed by atoms with E-state index in [1.807, 2.05) is 0 Å². The van der Waals surface area contributed by atoms with Gasteiger partial charge in [-0.05, 0) is 116 Å². The molecule has 0 saturated heterocycles. The average Bonchev–Trinajstić information content (AvgIpc) is 3.45. The first kappa shape index (κ1) is 75.6. The second-order valence-electron chi connectivity index (χ2n) is 22.7. The SMILES string of the molecule is CC/C=C\C/C=C\C/C=C\C/C=C\C/C=C\CCCCCCCCCCCCCCCCCC(=O)OCC(COC(=O)CCCCCCC/C=C\CCCCCC)OC(=O)CCCCCCCCC/C=C\CCCCCCCC.